The van der Waals surface area contributed by atoms with Crippen molar-refractivity contribution >= 4 is 29.3 Å². The lowest BCUT2D eigenvalue weighted by molar-refractivity contribution is -0.113. The summed E-state index contributed by atoms with van der Waals surface area (Å²) < 4.78 is 1.67. The van der Waals surface area contributed by atoms with Crippen molar-refractivity contribution in [1.82, 2.24) is 20.1 Å². The van der Waals surface area contributed by atoms with Crippen molar-refractivity contribution in [2.24, 2.45) is 0 Å². The van der Waals surface area contributed by atoms with Gasteiger partial charge in [0, 0.05) is 10.5 Å². The molecule has 0 radical (unpaired) electrons. The number of anilines is 1. The van der Waals surface area contributed by atoms with Crippen molar-refractivity contribution in [3.63, 3.8) is 0 Å². The molecule has 2 amide bonds. The summed E-state index contributed by atoms with van der Waals surface area (Å²) >= 11 is 1.47. The number of benzene rings is 2. The van der Waals surface area contributed by atoms with Crippen molar-refractivity contribution in [3.05, 3.63) is 66.2 Å². The molecule has 2 N–H and O–H groups in total. The third kappa shape index (κ3) is 3.70. The van der Waals surface area contributed by atoms with Crippen LogP contribution in [0, 0.1) is 0 Å². The van der Waals surface area contributed by atoms with Crippen LogP contribution in [0.15, 0.2) is 60.0 Å². The van der Waals surface area contributed by atoms with Gasteiger partial charge in [0.1, 0.15) is 12.7 Å². The topological polar surface area (TPSA) is 88.9 Å². The molecule has 0 saturated carbocycles. The zero-order chi connectivity index (χ0) is 18.8. The lowest BCUT2D eigenvalue weighted by Gasteiger charge is -2.18. The first-order chi connectivity index (χ1) is 13.1. The molecule has 0 aliphatic carbocycles. The number of carbonyl (C=O) groups excluding carboxylic acids is 2. The number of amides is 2. The summed E-state index contributed by atoms with van der Waals surface area (Å²) in [6.07, 6.45) is 3.11. The molecule has 1 aromatic heterocycles. The molecule has 7 nitrogen and oxygen atoms in total. The van der Waals surface area contributed by atoms with Gasteiger partial charge in [-0.2, -0.15) is 5.10 Å². The normalized spacial score (nSPS) is 14.2. The first kappa shape index (κ1) is 17.3. The predicted octanol–water partition coefficient (Wildman–Crippen LogP) is 2.80. The van der Waals surface area contributed by atoms with Crippen LogP contribution in [-0.2, 0) is 4.79 Å². The Morgan fingerprint density at radius 3 is 2.81 bits per heavy atom. The van der Waals surface area contributed by atoms with Crippen LogP contribution < -0.4 is 10.6 Å². The molecular formula is C19H17N5O2S. The molecule has 1 aliphatic heterocycles. The third-order valence-corrected chi connectivity index (χ3v) is 5.37. The molecule has 136 valence electrons. The van der Waals surface area contributed by atoms with Crippen LogP contribution >= 0.6 is 11.8 Å². The van der Waals surface area contributed by atoms with Gasteiger partial charge in [-0.15, -0.1) is 11.8 Å². The van der Waals surface area contributed by atoms with E-state index in [1.807, 2.05) is 37.3 Å². The molecule has 1 unspecified atom stereocenters. The molecule has 8 heteroatoms. The quantitative estimate of drug-likeness (QED) is 0.728. The molecule has 1 aliphatic rings. The van der Waals surface area contributed by atoms with Gasteiger partial charge < -0.3 is 10.6 Å². The van der Waals surface area contributed by atoms with Crippen LogP contribution in [0.3, 0.4) is 0 Å². The van der Waals surface area contributed by atoms with E-state index in [4.69, 9.17) is 0 Å². The Kier molecular flexibility index (Phi) is 4.64. The van der Waals surface area contributed by atoms with Crippen LogP contribution in [-0.4, -0.2) is 32.3 Å². The van der Waals surface area contributed by atoms with E-state index in [0.29, 0.717) is 17.0 Å². The van der Waals surface area contributed by atoms with Crippen molar-refractivity contribution in [2.45, 2.75) is 17.9 Å². The highest BCUT2D eigenvalue weighted by Crippen LogP contribution is 2.32. The average Bonchev–Trinajstić information content (AvgIpc) is 3.22. The number of fused-ring (bicyclic) bond motifs is 1. The first-order valence-corrected chi connectivity index (χ1v) is 9.41. The van der Waals surface area contributed by atoms with E-state index in [9.17, 15) is 9.59 Å². The summed E-state index contributed by atoms with van der Waals surface area (Å²) in [4.78, 5) is 29.0. The number of carbonyl (C=O) groups is 2. The van der Waals surface area contributed by atoms with Gasteiger partial charge in [-0.25, -0.2) is 9.67 Å². The zero-order valence-electron chi connectivity index (χ0n) is 14.5. The van der Waals surface area contributed by atoms with Gasteiger partial charge >= 0.3 is 0 Å². The summed E-state index contributed by atoms with van der Waals surface area (Å²) in [5, 5.41) is 9.89. The van der Waals surface area contributed by atoms with Gasteiger partial charge in [-0.3, -0.25) is 9.59 Å². The van der Waals surface area contributed by atoms with Crippen molar-refractivity contribution < 1.29 is 9.59 Å². The van der Waals surface area contributed by atoms with Crippen LogP contribution in [0.5, 0.6) is 0 Å². The highest BCUT2D eigenvalue weighted by Gasteiger charge is 2.18. The summed E-state index contributed by atoms with van der Waals surface area (Å²) in [6, 6.07) is 13.0. The average molecular weight is 379 g/mol. The van der Waals surface area contributed by atoms with Crippen molar-refractivity contribution in [2.75, 3.05) is 11.1 Å². The Hall–Kier alpha value is -3.13. The maximum Gasteiger partial charge on any atom is 0.251 e. The standard InChI is InChI=1S/C19H17N5O2S/c1-12(13-2-5-15(6-3-13)24-11-20-10-21-24)22-19(26)14-4-7-17-16(8-14)23-18(25)9-27-17/h2-8,10-12H,9H2,1H3,(H,22,26)(H,23,25). The Labute approximate surface area is 160 Å². The molecule has 1 atom stereocenters. The Morgan fingerprint density at radius 1 is 1.26 bits per heavy atom. The zero-order valence-corrected chi connectivity index (χ0v) is 15.4. The Morgan fingerprint density at radius 2 is 2.07 bits per heavy atom. The summed E-state index contributed by atoms with van der Waals surface area (Å²) in [5.74, 6) is 0.168. The second kappa shape index (κ2) is 7.24. The van der Waals surface area contributed by atoms with E-state index >= 15 is 0 Å². The molecular weight excluding hydrogens is 362 g/mol. The maximum atomic E-state index is 12.6. The highest BCUT2D eigenvalue weighted by molar-refractivity contribution is 8.00. The van der Waals surface area contributed by atoms with E-state index in [0.717, 1.165) is 16.1 Å². The number of hydrogen-bond donors (Lipinski definition) is 2. The van der Waals surface area contributed by atoms with Gasteiger partial charge in [-0.1, -0.05) is 12.1 Å². The van der Waals surface area contributed by atoms with E-state index in [2.05, 4.69) is 20.7 Å². The van der Waals surface area contributed by atoms with Gasteiger partial charge in [0.2, 0.25) is 5.91 Å². The van der Waals surface area contributed by atoms with Crippen LogP contribution in [0.4, 0.5) is 5.69 Å². The first-order valence-electron chi connectivity index (χ1n) is 8.43. The highest BCUT2D eigenvalue weighted by atomic mass is 32.2. The molecule has 2 heterocycles. The smallest absolute Gasteiger partial charge is 0.251 e. The summed E-state index contributed by atoms with van der Waals surface area (Å²) in [6.45, 7) is 1.93. The minimum Gasteiger partial charge on any atom is -0.346 e. The lowest BCUT2D eigenvalue weighted by atomic mass is 10.1. The molecule has 0 saturated heterocycles. The van der Waals surface area contributed by atoms with E-state index in [1.165, 1.54) is 18.1 Å². The van der Waals surface area contributed by atoms with E-state index in [-0.39, 0.29) is 17.9 Å². The van der Waals surface area contributed by atoms with E-state index in [1.54, 1.807) is 23.1 Å². The SMILES string of the molecule is CC(NC(=O)c1ccc2c(c1)NC(=O)CS2)c1ccc(-n2cncn2)cc1. The van der Waals surface area contributed by atoms with E-state index < -0.39 is 0 Å². The molecule has 27 heavy (non-hydrogen) atoms. The molecule has 0 bridgehead atoms. The second-order valence-corrected chi connectivity index (χ2v) is 7.19. The number of thioether (sulfide) groups is 1. The number of nitrogens with zero attached hydrogens (tertiary/aromatic N) is 3. The predicted molar refractivity (Wildman–Crippen MR) is 103 cm³/mol. The minimum atomic E-state index is -0.185. The van der Waals surface area contributed by atoms with Gasteiger partial charge in [0.25, 0.3) is 5.91 Å². The molecule has 0 spiro atoms. The van der Waals surface area contributed by atoms with Gasteiger partial charge in [0.15, 0.2) is 0 Å². The number of hydrogen-bond acceptors (Lipinski definition) is 5. The molecule has 3 aromatic rings. The number of aromatic nitrogens is 3. The van der Waals surface area contributed by atoms with Gasteiger partial charge in [0.05, 0.1) is 23.2 Å². The van der Waals surface area contributed by atoms with Crippen LogP contribution in [0.1, 0.15) is 28.9 Å². The van der Waals surface area contributed by atoms with Crippen LogP contribution in [0.2, 0.25) is 0 Å². The number of nitrogens with one attached hydrogen (secondary N) is 2. The van der Waals surface area contributed by atoms with Crippen molar-refractivity contribution in [3.8, 4) is 5.69 Å². The largest absolute Gasteiger partial charge is 0.346 e. The fourth-order valence-electron chi connectivity index (χ4n) is 2.84. The summed E-state index contributed by atoms with van der Waals surface area (Å²) in [5.41, 5.74) is 3.09. The third-order valence-electron chi connectivity index (χ3n) is 4.30. The summed E-state index contributed by atoms with van der Waals surface area (Å²) in [7, 11) is 0. The molecule has 4 rings (SSSR count). The fourth-order valence-corrected chi connectivity index (χ4v) is 3.63. The second-order valence-electron chi connectivity index (χ2n) is 6.17. The van der Waals surface area contributed by atoms with Crippen molar-refractivity contribution in [1.29, 1.82) is 0 Å². The Bertz CT molecular complexity index is 986. The van der Waals surface area contributed by atoms with Crippen LogP contribution in [0.25, 0.3) is 5.69 Å². The minimum absolute atomic E-state index is 0.0501. The number of rotatable bonds is 4. The maximum absolute atomic E-state index is 12.6. The van der Waals surface area contributed by atoms with Gasteiger partial charge in [-0.05, 0) is 42.8 Å². The molecule has 0 fully saturated rings. The monoisotopic (exact) mass is 379 g/mol. The fraction of sp³-hybridized carbons (Fsp3) is 0.158. The molecule has 2 aromatic carbocycles. The Balaban J connectivity index is 1.46. The lowest BCUT2D eigenvalue weighted by Crippen LogP contribution is -2.27.